The molecule has 0 saturated carbocycles. The van der Waals surface area contributed by atoms with Crippen LogP contribution in [0, 0.1) is 0 Å². The van der Waals surface area contributed by atoms with E-state index in [1.807, 2.05) is 13.8 Å². The zero-order valence-electron chi connectivity index (χ0n) is 11.4. The molecule has 1 heterocycles. The molecule has 0 amide bonds. The summed E-state index contributed by atoms with van der Waals surface area (Å²) in [4.78, 5) is 11.6. The molecule has 1 atom stereocenters. The van der Waals surface area contributed by atoms with Crippen molar-refractivity contribution >= 4 is 69.7 Å². The van der Waals surface area contributed by atoms with E-state index in [9.17, 15) is 4.79 Å². The van der Waals surface area contributed by atoms with E-state index in [4.69, 9.17) is 4.74 Å². The minimum Gasteiger partial charge on any atom is -0.437 e. The number of halogens is 4. The van der Waals surface area contributed by atoms with Gasteiger partial charge in [-0.2, -0.15) is 0 Å². The molecule has 0 aromatic rings. The molecule has 1 unspecified atom stereocenters. The maximum Gasteiger partial charge on any atom is 0.347 e. The van der Waals surface area contributed by atoms with Crippen molar-refractivity contribution in [2.24, 2.45) is 0 Å². The van der Waals surface area contributed by atoms with E-state index >= 15 is 0 Å². The van der Waals surface area contributed by atoms with Gasteiger partial charge in [0.15, 0.2) is 0 Å². The number of alkyl halides is 3. The predicted octanol–water partition coefficient (Wildman–Crippen LogP) is 6.40. The fourth-order valence-electron chi connectivity index (χ4n) is 1.70. The topological polar surface area (TPSA) is 26.3 Å². The Morgan fingerprint density at radius 3 is 2.26 bits per heavy atom. The van der Waals surface area contributed by atoms with Gasteiger partial charge in [0.1, 0.15) is 8.22 Å². The first-order valence-electron chi connectivity index (χ1n) is 6.53. The van der Waals surface area contributed by atoms with Crippen LogP contribution < -0.4 is 0 Å². The highest BCUT2D eigenvalue weighted by atomic mass is 79.9. The van der Waals surface area contributed by atoms with Crippen molar-refractivity contribution in [3.63, 3.8) is 0 Å². The molecule has 0 N–H and O–H groups in total. The highest BCUT2D eigenvalue weighted by Gasteiger charge is 2.48. The van der Waals surface area contributed by atoms with E-state index in [0.29, 0.717) is 4.48 Å². The zero-order chi connectivity index (χ0) is 15.1. The van der Waals surface area contributed by atoms with Gasteiger partial charge in [-0.1, -0.05) is 71.9 Å². The highest BCUT2D eigenvalue weighted by Crippen LogP contribution is 2.49. The number of rotatable bonds is 6. The van der Waals surface area contributed by atoms with E-state index in [1.165, 1.54) is 19.3 Å². The maximum atomic E-state index is 11.6. The van der Waals surface area contributed by atoms with Gasteiger partial charge in [0, 0.05) is 5.57 Å². The van der Waals surface area contributed by atoms with Crippen LogP contribution in [-0.4, -0.2) is 14.2 Å². The Hall–Kier alpha value is 1.13. The number of ether oxygens (including phenoxy) is 1. The molecule has 112 valence electrons. The molecule has 0 bridgehead atoms. The average Bonchev–Trinajstić information content (AvgIpc) is 2.61. The quantitative estimate of drug-likeness (QED) is 0.227. The van der Waals surface area contributed by atoms with Crippen molar-refractivity contribution in [1.29, 1.82) is 0 Å². The highest BCUT2D eigenvalue weighted by molar-refractivity contribution is 9.25. The summed E-state index contributed by atoms with van der Waals surface area (Å²) in [5.74, 6) is -0.309. The second-order valence-electron chi connectivity index (χ2n) is 3.94. The lowest BCUT2D eigenvalue weighted by molar-refractivity contribution is -0.139. The number of esters is 1. The third-order valence-corrected chi connectivity index (χ3v) is 7.08. The molecule has 0 aliphatic carbocycles. The summed E-state index contributed by atoms with van der Waals surface area (Å²) in [6, 6.07) is 0. The van der Waals surface area contributed by atoms with Crippen LogP contribution in [-0.2, 0) is 9.53 Å². The number of hydrogen-bond donors (Lipinski definition) is 0. The van der Waals surface area contributed by atoms with Crippen molar-refractivity contribution in [1.82, 2.24) is 0 Å². The molecule has 0 aromatic heterocycles. The van der Waals surface area contributed by atoms with Crippen molar-refractivity contribution in [3.05, 3.63) is 10.1 Å². The van der Waals surface area contributed by atoms with E-state index < -0.39 is 4.51 Å². The SMILES string of the molecule is CC.CCCCCCC1=C(Br)C(=O)OC1(Br)C(Br)Br. The Balaban J connectivity index is 0.00000154. The van der Waals surface area contributed by atoms with E-state index in [0.717, 1.165) is 18.4 Å². The molecule has 6 heteroatoms. The molecule has 0 radical (unpaired) electrons. The first-order chi connectivity index (χ1) is 8.93. The molecule has 1 aliphatic heterocycles. The average molecular weight is 528 g/mol. The summed E-state index contributed by atoms with van der Waals surface area (Å²) < 4.78 is 4.99. The fourth-order valence-corrected chi connectivity index (χ4v) is 3.82. The second kappa shape index (κ2) is 9.96. The lowest BCUT2D eigenvalue weighted by Crippen LogP contribution is -2.31. The molecule has 0 fully saturated rings. The first kappa shape index (κ1) is 20.1. The molecule has 0 aromatic carbocycles. The van der Waals surface area contributed by atoms with Crippen LogP contribution in [0.25, 0.3) is 0 Å². The van der Waals surface area contributed by atoms with Crippen molar-refractivity contribution in [2.75, 3.05) is 0 Å². The summed E-state index contributed by atoms with van der Waals surface area (Å²) in [6.45, 7) is 6.18. The molecule has 19 heavy (non-hydrogen) atoms. The van der Waals surface area contributed by atoms with Crippen LogP contribution in [0.4, 0.5) is 0 Å². The fraction of sp³-hybridized carbons (Fsp3) is 0.769. The Labute approximate surface area is 149 Å². The van der Waals surface area contributed by atoms with Crippen molar-refractivity contribution < 1.29 is 9.53 Å². The number of hydrogen-bond acceptors (Lipinski definition) is 2. The van der Waals surface area contributed by atoms with Crippen LogP contribution in [0.2, 0.25) is 0 Å². The Morgan fingerprint density at radius 2 is 1.79 bits per heavy atom. The first-order valence-corrected chi connectivity index (χ1v) is 9.94. The smallest absolute Gasteiger partial charge is 0.347 e. The van der Waals surface area contributed by atoms with E-state index in [1.54, 1.807) is 0 Å². The van der Waals surface area contributed by atoms with Crippen molar-refractivity contribution in [2.45, 2.75) is 61.1 Å². The lowest BCUT2D eigenvalue weighted by Gasteiger charge is -2.26. The minimum absolute atomic E-state index is 0.150. The molecule has 0 saturated heterocycles. The maximum absolute atomic E-state index is 11.6. The third-order valence-electron chi connectivity index (χ3n) is 2.66. The summed E-state index contributed by atoms with van der Waals surface area (Å²) in [7, 11) is 0. The molecule has 0 spiro atoms. The number of cyclic esters (lactones) is 1. The van der Waals surface area contributed by atoms with Gasteiger partial charge in [0.2, 0.25) is 4.51 Å². The molecular weight excluding hydrogens is 508 g/mol. The summed E-state index contributed by atoms with van der Waals surface area (Å²) in [5, 5.41) is 0. The molecule has 1 rings (SSSR count). The third kappa shape index (κ3) is 5.44. The van der Waals surface area contributed by atoms with Crippen LogP contribution in [0.1, 0.15) is 52.9 Å². The van der Waals surface area contributed by atoms with Gasteiger partial charge in [-0.15, -0.1) is 0 Å². The van der Waals surface area contributed by atoms with Gasteiger partial charge >= 0.3 is 5.97 Å². The molecule has 1 aliphatic rings. The Morgan fingerprint density at radius 1 is 1.21 bits per heavy atom. The summed E-state index contributed by atoms with van der Waals surface area (Å²) >= 11 is 13.6. The second-order valence-corrected chi connectivity index (χ2v) is 8.97. The van der Waals surface area contributed by atoms with Gasteiger partial charge in [-0.3, -0.25) is 0 Å². The van der Waals surface area contributed by atoms with Gasteiger partial charge in [-0.25, -0.2) is 4.79 Å². The normalized spacial score (nSPS) is 22.4. The Bertz CT molecular complexity index is 329. The molecule has 2 nitrogen and oxygen atoms in total. The minimum atomic E-state index is -0.769. The zero-order valence-corrected chi connectivity index (χ0v) is 17.8. The monoisotopic (exact) mass is 524 g/mol. The number of carbonyl (C=O) groups excluding carboxylic acids is 1. The molecular formula is C13H20Br4O2. The van der Waals surface area contributed by atoms with Gasteiger partial charge < -0.3 is 4.74 Å². The van der Waals surface area contributed by atoms with Crippen LogP contribution in [0.5, 0.6) is 0 Å². The predicted molar refractivity (Wildman–Crippen MR) is 95.5 cm³/mol. The van der Waals surface area contributed by atoms with Gasteiger partial charge in [0.25, 0.3) is 0 Å². The van der Waals surface area contributed by atoms with Crippen LogP contribution in [0.15, 0.2) is 10.1 Å². The van der Waals surface area contributed by atoms with Crippen LogP contribution >= 0.6 is 63.7 Å². The van der Waals surface area contributed by atoms with Crippen molar-refractivity contribution in [3.8, 4) is 0 Å². The standard InChI is InChI=1S/C11H14Br4O2.C2H6/c1-2-3-4-5-6-7-8(12)9(16)17-11(7,15)10(13)14;1-2/h10H,2-6H2,1H3;1-2H3. The Kier molecular flexibility index (Phi) is 10.5. The lowest BCUT2D eigenvalue weighted by atomic mass is 10.0. The number of carbonyl (C=O) groups is 1. The van der Waals surface area contributed by atoms with E-state index in [2.05, 4.69) is 70.6 Å². The van der Waals surface area contributed by atoms with E-state index in [-0.39, 0.29) is 9.71 Å². The summed E-state index contributed by atoms with van der Waals surface area (Å²) in [5.41, 5.74) is 0.970. The largest absolute Gasteiger partial charge is 0.437 e. The van der Waals surface area contributed by atoms with Gasteiger partial charge in [-0.05, 0) is 44.7 Å². The van der Waals surface area contributed by atoms with Crippen LogP contribution in [0.3, 0.4) is 0 Å². The number of unbranched alkanes of at least 4 members (excludes halogenated alkanes) is 3. The van der Waals surface area contributed by atoms with Gasteiger partial charge in [0.05, 0.1) is 0 Å². The summed E-state index contributed by atoms with van der Waals surface area (Å²) in [6.07, 6.45) is 5.52.